The van der Waals surface area contributed by atoms with E-state index < -0.39 is 0 Å². The lowest BCUT2D eigenvalue weighted by molar-refractivity contribution is -0.00346. The van der Waals surface area contributed by atoms with Crippen molar-refractivity contribution in [3.63, 3.8) is 0 Å². The smallest absolute Gasteiger partial charge is 0.253 e. The molecular formula is C13H11FN2O2. The van der Waals surface area contributed by atoms with Crippen molar-refractivity contribution in [3.05, 3.63) is 41.8 Å². The van der Waals surface area contributed by atoms with Crippen LogP contribution in [-0.4, -0.2) is 30.1 Å². The van der Waals surface area contributed by atoms with E-state index in [0.29, 0.717) is 24.2 Å². The van der Waals surface area contributed by atoms with E-state index in [9.17, 15) is 9.18 Å². The van der Waals surface area contributed by atoms with Crippen LogP contribution in [0.25, 0.3) is 10.9 Å². The molecule has 0 unspecified atom stereocenters. The van der Waals surface area contributed by atoms with Crippen LogP contribution in [0.1, 0.15) is 10.4 Å². The molecule has 2 heterocycles. The molecule has 0 atom stereocenters. The average Bonchev–Trinajstić information content (AvgIpc) is 2.33. The number of rotatable bonds is 2. The number of nitrogens with one attached hydrogen (secondary N) is 1. The number of hydrogen-bond donors (Lipinski definition) is 1. The van der Waals surface area contributed by atoms with Crippen LogP contribution < -0.4 is 5.32 Å². The highest BCUT2D eigenvalue weighted by molar-refractivity contribution is 5.97. The summed E-state index contributed by atoms with van der Waals surface area (Å²) < 4.78 is 18.4. The van der Waals surface area contributed by atoms with E-state index in [-0.39, 0.29) is 23.3 Å². The van der Waals surface area contributed by atoms with Crippen molar-refractivity contribution >= 4 is 16.8 Å². The lowest BCUT2D eigenvalue weighted by atomic mass is 10.1. The molecule has 5 heteroatoms. The highest BCUT2D eigenvalue weighted by Gasteiger charge is 2.21. The van der Waals surface area contributed by atoms with Gasteiger partial charge in [-0.2, -0.15) is 0 Å². The van der Waals surface area contributed by atoms with Gasteiger partial charge in [-0.3, -0.25) is 9.78 Å². The second-order valence-electron chi connectivity index (χ2n) is 4.24. The Morgan fingerprint density at radius 2 is 2.28 bits per heavy atom. The topological polar surface area (TPSA) is 51.2 Å². The number of carbonyl (C=O) groups excluding carboxylic acids is 1. The summed E-state index contributed by atoms with van der Waals surface area (Å²) in [5.41, 5.74) is 0.709. The minimum atomic E-state index is -0.383. The Labute approximate surface area is 103 Å². The van der Waals surface area contributed by atoms with Crippen molar-refractivity contribution < 1.29 is 13.9 Å². The van der Waals surface area contributed by atoms with E-state index in [2.05, 4.69) is 10.3 Å². The van der Waals surface area contributed by atoms with Crippen molar-refractivity contribution in [2.24, 2.45) is 0 Å². The molecule has 92 valence electrons. The number of ether oxygens (including phenoxy) is 1. The predicted octanol–water partition coefficient (Wildman–Crippen LogP) is 1.50. The Morgan fingerprint density at radius 1 is 1.44 bits per heavy atom. The maximum absolute atomic E-state index is 13.4. The average molecular weight is 246 g/mol. The molecule has 1 fully saturated rings. The number of amides is 1. The van der Waals surface area contributed by atoms with Gasteiger partial charge in [0.25, 0.3) is 5.91 Å². The van der Waals surface area contributed by atoms with Crippen molar-refractivity contribution in [1.29, 1.82) is 0 Å². The second-order valence-corrected chi connectivity index (χ2v) is 4.24. The zero-order valence-electron chi connectivity index (χ0n) is 9.52. The Kier molecular flexibility index (Phi) is 2.68. The van der Waals surface area contributed by atoms with E-state index in [4.69, 9.17) is 4.74 Å². The minimum Gasteiger partial charge on any atom is -0.377 e. The van der Waals surface area contributed by atoms with Gasteiger partial charge in [0.15, 0.2) is 0 Å². The molecule has 2 aromatic rings. The van der Waals surface area contributed by atoms with Crippen LogP contribution in [0.4, 0.5) is 4.39 Å². The largest absolute Gasteiger partial charge is 0.377 e. The molecule has 1 aliphatic rings. The quantitative estimate of drug-likeness (QED) is 0.873. The monoisotopic (exact) mass is 246 g/mol. The highest BCUT2D eigenvalue weighted by atomic mass is 19.1. The van der Waals surface area contributed by atoms with Crippen LogP contribution in [0.15, 0.2) is 30.5 Å². The number of halogens is 1. The molecule has 0 bridgehead atoms. The van der Waals surface area contributed by atoms with Crippen molar-refractivity contribution in [3.8, 4) is 0 Å². The molecule has 0 radical (unpaired) electrons. The molecule has 3 rings (SSSR count). The number of fused-ring (bicyclic) bond motifs is 1. The molecule has 18 heavy (non-hydrogen) atoms. The number of para-hydroxylation sites is 1. The summed E-state index contributed by atoms with van der Waals surface area (Å²) in [5, 5.41) is 3.43. The van der Waals surface area contributed by atoms with Gasteiger partial charge in [0.1, 0.15) is 11.3 Å². The third-order valence-electron chi connectivity index (χ3n) is 2.90. The van der Waals surface area contributed by atoms with Gasteiger partial charge in [0, 0.05) is 11.6 Å². The van der Waals surface area contributed by atoms with E-state index >= 15 is 0 Å². The lowest BCUT2D eigenvalue weighted by Gasteiger charge is -2.26. The number of pyridine rings is 1. The van der Waals surface area contributed by atoms with Crippen molar-refractivity contribution in [2.45, 2.75) is 6.04 Å². The second kappa shape index (κ2) is 4.34. The molecule has 4 nitrogen and oxygen atoms in total. The predicted molar refractivity (Wildman–Crippen MR) is 63.8 cm³/mol. The van der Waals surface area contributed by atoms with Crippen LogP contribution in [0.5, 0.6) is 0 Å². The van der Waals surface area contributed by atoms with Gasteiger partial charge in [-0.15, -0.1) is 0 Å². The summed E-state index contributed by atoms with van der Waals surface area (Å²) in [6.45, 7) is 1.09. The first-order valence-corrected chi connectivity index (χ1v) is 5.67. The Hall–Kier alpha value is -2.01. The summed E-state index contributed by atoms with van der Waals surface area (Å²) >= 11 is 0. The van der Waals surface area contributed by atoms with Crippen LogP contribution in [-0.2, 0) is 4.74 Å². The summed E-state index contributed by atoms with van der Waals surface area (Å²) in [6.07, 6.45) is 1.39. The van der Waals surface area contributed by atoms with Crippen LogP contribution in [0.3, 0.4) is 0 Å². The van der Waals surface area contributed by atoms with Gasteiger partial charge >= 0.3 is 0 Å². The summed E-state index contributed by atoms with van der Waals surface area (Å²) in [4.78, 5) is 15.9. The molecule has 1 aromatic heterocycles. The number of benzene rings is 1. The van der Waals surface area contributed by atoms with Crippen LogP contribution in [0, 0.1) is 5.82 Å². The summed E-state index contributed by atoms with van der Waals surface area (Å²) in [7, 11) is 0. The molecule has 1 saturated heterocycles. The number of nitrogens with zero attached hydrogens (tertiary/aromatic N) is 1. The van der Waals surface area contributed by atoms with E-state index in [1.165, 1.54) is 12.3 Å². The fraction of sp³-hybridized carbons (Fsp3) is 0.231. The first-order valence-electron chi connectivity index (χ1n) is 5.67. The molecule has 0 spiro atoms. The maximum atomic E-state index is 13.4. The van der Waals surface area contributed by atoms with Crippen molar-refractivity contribution in [2.75, 3.05) is 13.2 Å². The molecule has 0 aliphatic carbocycles. The molecule has 1 amide bonds. The molecular weight excluding hydrogens is 235 g/mol. The minimum absolute atomic E-state index is 0.0701. The maximum Gasteiger partial charge on any atom is 0.253 e. The number of aromatic nitrogens is 1. The van der Waals surface area contributed by atoms with Crippen LogP contribution >= 0.6 is 0 Å². The number of carbonyl (C=O) groups is 1. The molecule has 1 aromatic carbocycles. The third kappa shape index (κ3) is 1.93. The van der Waals surface area contributed by atoms with Gasteiger partial charge in [0.2, 0.25) is 0 Å². The fourth-order valence-corrected chi connectivity index (χ4v) is 1.84. The molecule has 0 saturated carbocycles. The third-order valence-corrected chi connectivity index (χ3v) is 2.90. The normalized spacial score (nSPS) is 15.4. The Balaban J connectivity index is 1.90. The first kappa shape index (κ1) is 11.1. The summed E-state index contributed by atoms with van der Waals surface area (Å²) in [6, 6.07) is 6.39. The summed E-state index contributed by atoms with van der Waals surface area (Å²) in [5.74, 6) is -0.589. The van der Waals surface area contributed by atoms with Gasteiger partial charge < -0.3 is 10.1 Å². The molecule has 1 aliphatic heterocycles. The van der Waals surface area contributed by atoms with Gasteiger partial charge in [0.05, 0.1) is 24.8 Å². The fourth-order valence-electron chi connectivity index (χ4n) is 1.84. The van der Waals surface area contributed by atoms with Gasteiger partial charge in [-0.05, 0) is 12.1 Å². The zero-order valence-corrected chi connectivity index (χ0v) is 9.52. The number of hydrogen-bond acceptors (Lipinski definition) is 3. The SMILES string of the molecule is O=C(NC1COC1)c1cnc2c(F)cccc2c1. The molecule has 1 N–H and O–H groups in total. The van der Waals surface area contributed by atoms with Gasteiger partial charge in [-0.25, -0.2) is 4.39 Å². The standard InChI is InChI=1S/C13H11FN2O2/c14-11-3-1-2-8-4-9(5-15-12(8)11)13(17)16-10-6-18-7-10/h1-5,10H,6-7H2,(H,16,17). The Morgan fingerprint density at radius 3 is 3.00 bits per heavy atom. The van der Waals surface area contributed by atoms with Crippen molar-refractivity contribution in [1.82, 2.24) is 10.3 Å². The van der Waals surface area contributed by atoms with Gasteiger partial charge in [-0.1, -0.05) is 12.1 Å². The Bertz CT molecular complexity index is 611. The van der Waals surface area contributed by atoms with Crippen LogP contribution in [0.2, 0.25) is 0 Å². The first-order chi connectivity index (χ1) is 8.74. The van der Waals surface area contributed by atoms with E-state index in [0.717, 1.165) is 0 Å². The lowest BCUT2D eigenvalue weighted by Crippen LogP contribution is -2.48. The highest BCUT2D eigenvalue weighted by Crippen LogP contribution is 2.16. The van der Waals surface area contributed by atoms with E-state index in [1.807, 2.05) is 0 Å². The zero-order chi connectivity index (χ0) is 12.5. The van der Waals surface area contributed by atoms with E-state index in [1.54, 1.807) is 18.2 Å².